The summed E-state index contributed by atoms with van der Waals surface area (Å²) in [5.41, 5.74) is 1.80. The fourth-order valence-electron chi connectivity index (χ4n) is 2.03. The Labute approximate surface area is 143 Å². The molecule has 132 valence electrons. The lowest BCUT2D eigenvalue weighted by molar-refractivity contribution is -0.137. The summed E-state index contributed by atoms with van der Waals surface area (Å²) in [7, 11) is 1.50. The summed E-state index contributed by atoms with van der Waals surface area (Å²) in [5.74, 6) is -1.24. The number of ether oxygens (including phenoxy) is 1. The quantitative estimate of drug-likeness (QED) is 0.834. The van der Waals surface area contributed by atoms with Crippen LogP contribution >= 0.6 is 0 Å². The average Bonchev–Trinajstić information content (AvgIpc) is 2.44. The second-order valence-corrected chi connectivity index (χ2v) is 6.94. The number of nitrogens with zero attached hydrogens (tertiary/aromatic N) is 1. The van der Waals surface area contributed by atoms with Crippen molar-refractivity contribution in [1.29, 1.82) is 0 Å². The first-order chi connectivity index (χ1) is 11.0. The van der Waals surface area contributed by atoms with Crippen LogP contribution in [0.1, 0.15) is 42.3 Å². The van der Waals surface area contributed by atoms with Gasteiger partial charge in [-0.05, 0) is 46.2 Å². The number of hydrogen-bond acceptors (Lipinski definition) is 4. The van der Waals surface area contributed by atoms with E-state index in [-0.39, 0.29) is 18.0 Å². The van der Waals surface area contributed by atoms with Crippen molar-refractivity contribution >= 4 is 17.8 Å². The zero-order valence-corrected chi connectivity index (χ0v) is 15.2. The normalized spacial score (nSPS) is 10.9. The maximum absolute atomic E-state index is 12.1. The van der Waals surface area contributed by atoms with E-state index < -0.39 is 18.5 Å². The predicted octanol–water partition coefficient (Wildman–Crippen LogP) is 1.83. The van der Waals surface area contributed by atoms with Gasteiger partial charge in [0, 0.05) is 12.6 Å². The number of benzene rings is 1. The van der Waals surface area contributed by atoms with Crippen molar-refractivity contribution in [2.75, 3.05) is 20.2 Å². The van der Waals surface area contributed by atoms with Crippen LogP contribution in [0.15, 0.2) is 18.2 Å². The Kier molecular flexibility index (Phi) is 6.51. The Hall–Kier alpha value is -2.37. The van der Waals surface area contributed by atoms with Gasteiger partial charge in [0.2, 0.25) is 5.91 Å². The van der Waals surface area contributed by atoms with E-state index in [1.165, 1.54) is 11.9 Å². The molecule has 0 aliphatic rings. The molecule has 0 aromatic heterocycles. The molecule has 0 heterocycles. The fourth-order valence-corrected chi connectivity index (χ4v) is 2.03. The van der Waals surface area contributed by atoms with E-state index in [0.717, 1.165) is 11.1 Å². The van der Waals surface area contributed by atoms with Crippen LogP contribution in [0, 0.1) is 13.8 Å². The molecule has 1 rings (SSSR count). The van der Waals surface area contributed by atoms with Gasteiger partial charge < -0.3 is 15.0 Å². The van der Waals surface area contributed by atoms with Crippen molar-refractivity contribution in [1.82, 2.24) is 10.2 Å². The highest BCUT2D eigenvalue weighted by molar-refractivity contribution is 5.93. The molecule has 1 N–H and O–H groups in total. The molecule has 0 unspecified atom stereocenters. The van der Waals surface area contributed by atoms with Crippen LogP contribution in [0.25, 0.3) is 0 Å². The summed E-state index contributed by atoms with van der Waals surface area (Å²) >= 11 is 0. The summed E-state index contributed by atoms with van der Waals surface area (Å²) in [5, 5.41) is 2.77. The van der Waals surface area contributed by atoms with Gasteiger partial charge in [-0.1, -0.05) is 17.7 Å². The van der Waals surface area contributed by atoms with E-state index >= 15 is 0 Å². The number of carbonyl (C=O) groups is 3. The van der Waals surface area contributed by atoms with Crippen molar-refractivity contribution < 1.29 is 19.1 Å². The molecular weight excluding hydrogens is 308 g/mol. The molecule has 0 aliphatic carbocycles. The van der Waals surface area contributed by atoms with E-state index in [2.05, 4.69) is 5.32 Å². The summed E-state index contributed by atoms with van der Waals surface area (Å²) in [6.45, 7) is 8.78. The molecule has 1 aromatic rings. The Balaban J connectivity index is 2.54. The average molecular weight is 334 g/mol. The van der Waals surface area contributed by atoms with Gasteiger partial charge in [-0.15, -0.1) is 0 Å². The minimum absolute atomic E-state index is 0.0862. The number of likely N-dealkylation sites (N-methyl/N-ethyl adjacent to an activating group) is 1. The second kappa shape index (κ2) is 7.95. The summed E-state index contributed by atoms with van der Waals surface area (Å²) in [6, 6.07) is 5.46. The highest BCUT2D eigenvalue weighted by Gasteiger charge is 2.19. The van der Waals surface area contributed by atoms with Crippen LogP contribution in [0.3, 0.4) is 0 Å². The van der Waals surface area contributed by atoms with Crippen LogP contribution in [0.2, 0.25) is 0 Å². The van der Waals surface area contributed by atoms with Crippen molar-refractivity contribution in [2.45, 2.75) is 40.2 Å². The molecule has 1 aromatic carbocycles. The number of esters is 1. The van der Waals surface area contributed by atoms with E-state index in [9.17, 15) is 14.4 Å². The van der Waals surface area contributed by atoms with Crippen molar-refractivity contribution in [2.24, 2.45) is 0 Å². The fraction of sp³-hybridized carbons (Fsp3) is 0.500. The molecule has 24 heavy (non-hydrogen) atoms. The summed E-state index contributed by atoms with van der Waals surface area (Å²) in [4.78, 5) is 37.1. The Morgan fingerprint density at radius 2 is 1.79 bits per heavy atom. The maximum atomic E-state index is 12.1. The van der Waals surface area contributed by atoms with Gasteiger partial charge in [0.05, 0.1) is 12.1 Å². The largest absolute Gasteiger partial charge is 0.452 e. The minimum Gasteiger partial charge on any atom is -0.452 e. The Bertz CT molecular complexity index is 632. The molecule has 0 fully saturated rings. The van der Waals surface area contributed by atoms with Crippen LogP contribution < -0.4 is 5.32 Å². The van der Waals surface area contributed by atoms with Crippen LogP contribution in [-0.4, -0.2) is 48.4 Å². The molecule has 6 nitrogen and oxygen atoms in total. The number of carbonyl (C=O) groups excluding carboxylic acids is 3. The molecule has 2 amide bonds. The second-order valence-electron chi connectivity index (χ2n) is 6.94. The third-order valence-corrected chi connectivity index (χ3v) is 3.26. The van der Waals surface area contributed by atoms with E-state index in [0.29, 0.717) is 5.56 Å². The van der Waals surface area contributed by atoms with Gasteiger partial charge in [-0.3, -0.25) is 9.59 Å². The van der Waals surface area contributed by atoms with Gasteiger partial charge in [0.1, 0.15) is 0 Å². The number of hydrogen-bond donors (Lipinski definition) is 1. The lowest BCUT2D eigenvalue weighted by atomic mass is 10.1. The molecular formula is C18H26N2O4. The molecule has 0 atom stereocenters. The lowest BCUT2D eigenvalue weighted by Gasteiger charge is -2.23. The van der Waals surface area contributed by atoms with E-state index in [4.69, 9.17) is 4.74 Å². The van der Waals surface area contributed by atoms with Crippen molar-refractivity contribution in [3.63, 3.8) is 0 Å². The zero-order valence-electron chi connectivity index (χ0n) is 15.2. The molecule has 0 spiro atoms. The van der Waals surface area contributed by atoms with Gasteiger partial charge in [-0.2, -0.15) is 0 Å². The number of rotatable bonds is 5. The first kappa shape index (κ1) is 19.7. The molecule has 0 saturated carbocycles. The maximum Gasteiger partial charge on any atom is 0.338 e. The lowest BCUT2D eigenvalue weighted by Crippen LogP contribution is -2.46. The van der Waals surface area contributed by atoms with Crippen molar-refractivity contribution in [3.8, 4) is 0 Å². The smallest absolute Gasteiger partial charge is 0.338 e. The number of nitrogens with one attached hydrogen (secondary N) is 1. The molecule has 0 bridgehead atoms. The van der Waals surface area contributed by atoms with Crippen LogP contribution in [0.4, 0.5) is 0 Å². The summed E-state index contributed by atoms with van der Waals surface area (Å²) < 4.78 is 5.07. The third kappa shape index (κ3) is 6.40. The first-order valence-electron chi connectivity index (χ1n) is 7.79. The zero-order chi connectivity index (χ0) is 18.5. The standard InChI is InChI=1S/C18H26N2O4/c1-12-7-8-13(2)14(9-12)17(23)24-11-16(22)20(6)10-15(21)19-18(3,4)5/h7-9H,10-11H2,1-6H3,(H,19,21). The number of aryl methyl sites for hydroxylation is 2. The molecule has 0 aliphatic heterocycles. The van der Waals surface area contributed by atoms with Gasteiger partial charge in [0.15, 0.2) is 6.61 Å². The predicted molar refractivity (Wildman–Crippen MR) is 91.7 cm³/mol. The van der Waals surface area contributed by atoms with Crippen LogP contribution in [0.5, 0.6) is 0 Å². The van der Waals surface area contributed by atoms with Crippen LogP contribution in [-0.2, 0) is 14.3 Å². The van der Waals surface area contributed by atoms with Gasteiger partial charge in [-0.25, -0.2) is 4.79 Å². The Morgan fingerprint density at radius 1 is 1.17 bits per heavy atom. The highest BCUT2D eigenvalue weighted by Crippen LogP contribution is 2.12. The third-order valence-electron chi connectivity index (χ3n) is 3.26. The van der Waals surface area contributed by atoms with E-state index in [1.54, 1.807) is 13.0 Å². The van der Waals surface area contributed by atoms with Gasteiger partial charge in [0.25, 0.3) is 5.91 Å². The van der Waals surface area contributed by atoms with Crippen molar-refractivity contribution in [3.05, 3.63) is 34.9 Å². The molecule has 0 radical (unpaired) electrons. The Morgan fingerprint density at radius 3 is 2.38 bits per heavy atom. The first-order valence-corrected chi connectivity index (χ1v) is 7.79. The highest BCUT2D eigenvalue weighted by atomic mass is 16.5. The van der Waals surface area contributed by atoms with Gasteiger partial charge >= 0.3 is 5.97 Å². The minimum atomic E-state index is -0.544. The summed E-state index contributed by atoms with van der Waals surface area (Å²) in [6.07, 6.45) is 0. The van der Waals surface area contributed by atoms with E-state index in [1.807, 2.05) is 39.8 Å². The molecule has 6 heteroatoms. The monoisotopic (exact) mass is 334 g/mol. The topological polar surface area (TPSA) is 75.7 Å². The SMILES string of the molecule is Cc1ccc(C)c(C(=O)OCC(=O)N(C)CC(=O)NC(C)(C)C)c1. The molecule has 0 saturated heterocycles. The number of amides is 2.